The van der Waals surface area contributed by atoms with E-state index in [0.29, 0.717) is 13.0 Å². The molecule has 19 heavy (non-hydrogen) atoms. The Hall–Kier alpha value is -0.910. The van der Waals surface area contributed by atoms with Crippen LogP contribution in [0.1, 0.15) is 19.8 Å². The molecule has 1 aliphatic rings. The molecule has 2 unspecified atom stereocenters. The number of halogens is 1. The summed E-state index contributed by atoms with van der Waals surface area (Å²) < 4.78 is 0.917. The Bertz CT molecular complexity index is 453. The standard InChI is InChI=1S/C14H19BrN2O2/c1-10-6-8-17(13-5-3-2-4-11(13)15)14(19)12(16-10)7-9-18/h2-5,10,12,16,18H,6-9H2,1H3. The minimum atomic E-state index is -0.311. The Morgan fingerprint density at radius 1 is 1.47 bits per heavy atom. The summed E-state index contributed by atoms with van der Waals surface area (Å²) in [6.45, 7) is 2.78. The largest absolute Gasteiger partial charge is 0.396 e. The molecule has 0 bridgehead atoms. The summed E-state index contributed by atoms with van der Waals surface area (Å²) in [5.74, 6) is 0.0327. The van der Waals surface area contributed by atoms with Crippen molar-refractivity contribution in [1.29, 1.82) is 0 Å². The molecule has 1 saturated heterocycles. The molecular formula is C14H19BrN2O2. The lowest BCUT2D eigenvalue weighted by Crippen LogP contribution is -2.45. The normalized spacial score (nSPS) is 24.4. The molecule has 5 heteroatoms. The van der Waals surface area contributed by atoms with Gasteiger partial charge < -0.3 is 15.3 Å². The van der Waals surface area contributed by atoms with Crippen LogP contribution in [0.5, 0.6) is 0 Å². The van der Waals surface area contributed by atoms with Gasteiger partial charge in [0.15, 0.2) is 0 Å². The van der Waals surface area contributed by atoms with Crippen LogP contribution < -0.4 is 10.2 Å². The molecule has 1 amide bonds. The number of hydrogen-bond donors (Lipinski definition) is 2. The van der Waals surface area contributed by atoms with Gasteiger partial charge in [0.05, 0.1) is 11.7 Å². The first-order chi connectivity index (χ1) is 9.13. The number of rotatable bonds is 3. The zero-order chi connectivity index (χ0) is 13.8. The second-order valence-electron chi connectivity index (χ2n) is 4.86. The number of aliphatic hydroxyl groups excluding tert-OH is 1. The van der Waals surface area contributed by atoms with Gasteiger partial charge in [0.2, 0.25) is 5.91 Å². The summed E-state index contributed by atoms with van der Waals surface area (Å²) in [5.41, 5.74) is 0.895. The van der Waals surface area contributed by atoms with E-state index in [1.165, 1.54) is 0 Å². The second-order valence-corrected chi connectivity index (χ2v) is 5.72. The van der Waals surface area contributed by atoms with Crippen molar-refractivity contribution < 1.29 is 9.90 Å². The predicted molar refractivity (Wildman–Crippen MR) is 79.2 cm³/mol. The number of nitrogens with zero attached hydrogens (tertiary/aromatic N) is 1. The number of aliphatic hydroxyl groups is 1. The number of hydrogen-bond acceptors (Lipinski definition) is 3. The highest BCUT2D eigenvalue weighted by atomic mass is 79.9. The van der Waals surface area contributed by atoms with Crippen LogP contribution in [0.15, 0.2) is 28.7 Å². The maximum Gasteiger partial charge on any atom is 0.244 e. The van der Waals surface area contributed by atoms with Gasteiger partial charge in [-0.2, -0.15) is 0 Å². The van der Waals surface area contributed by atoms with Crippen molar-refractivity contribution in [2.45, 2.75) is 31.8 Å². The highest BCUT2D eigenvalue weighted by molar-refractivity contribution is 9.10. The van der Waals surface area contributed by atoms with Gasteiger partial charge in [-0.3, -0.25) is 4.79 Å². The van der Waals surface area contributed by atoms with Gasteiger partial charge in [-0.15, -0.1) is 0 Å². The SMILES string of the molecule is CC1CCN(c2ccccc2Br)C(=O)C(CCO)N1. The van der Waals surface area contributed by atoms with Crippen molar-refractivity contribution >= 4 is 27.5 Å². The molecular weight excluding hydrogens is 308 g/mol. The highest BCUT2D eigenvalue weighted by Crippen LogP contribution is 2.27. The molecule has 0 aromatic heterocycles. The van der Waals surface area contributed by atoms with Crippen molar-refractivity contribution in [2.24, 2.45) is 0 Å². The number of amides is 1. The molecule has 2 N–H and O–H groups in total. The van der Waals surface area contributed by atoms with E-state index in [0.717, 1.165) is 16.6 Å². The fraction of sp³-hybridized carbons (Fsp3) is 0.500. The molecule has 0 radical (unpaired) electrons. The van der Waals surface area contributed by atoms with Gasteiger partial charge in [-0.1, -0.05) is 12.1 Å². The lowest BCUT2D eigenvalue weighted by atomic mass is 10.1. The highest BCUT2D eigenvalue weighted by Gasteiger charge is 2.30. The van der Waals surface area contributed by atoms with Gasteiger partial charge >= 0.3 is 0 Å². The number of carbonyl (C=O) groups is 1. The summed E-state index contributed by atoms with van der Waals surface area (Å²) in [4.78, 5) is 14.4. The topological polar surface area (TPSA) is 52.6 Å². The van der Waals surface area contributed by atoms with Gasteiger partial charge in [0.25, 0.3) is 0 Å². The summed E-state index contributed by atoms with van der Waals surface area (Å²) in [6, 6.07) is 7.69. The molecule has 1 aromatic rings. The molecule has 0 aliphatic carbocycles. The molecule has 1 heterocycles. The summed E-state index contributed by atoms with van der Waals surface area (Å²) in [5, 5.41) is 12.4. The monoisotopic (exact) mass is 326 g/mol. The third-order valence-corrected chi connectivity index (χ3v) is 4.07. The summed E-state index contributed by atoms with van der Waals surface area (Å²) in [7, 11) is 0. The second kappa shape index (κ2) is 6.50. The maximum absolute atomic E-state index is 12.6. The van der Waals surface area contributed by atoms with Gasteiger partial charge in [0.1, 0.15) is 0 Å². The quantitative estimate of drug-likeness (QED) is 0.892. The Balaban J connectivity index is 2.28. The average Bonchev–Trinajstić information content (AvgIpc) is 2.52. The fourth-order valence-electron chi connectivity index (χ4n) is 2.36. The van der Waals surface area contributed by atoms with Crippen LogP contribution >= 0.6 is 15.9 Å². The molecule has 104 valence electrons. The Morgan fingerprint density at radius 3 is 2.89 bits per heavy atom. The summed E-state index contributed by atoms with van der Waals surface area (Å²) >= 11 is 3.50. The van der Waals surface area contributed by atoms with Crippen molar-refractivity contribution in [3.8, 4) is 0 Å². The first-order valence-electron chi connectivity index (χ1n) is 6.56. The van der Waals surface area contributed by atoms with Crippen molar-refractivity contribution in [2.75, 3.05) is 18.1 Å². The van der Waals surface area contributed by atoms with Crippen LogP contribution in [0.2, 0.25) is 0 Å². The zero-order valence-electron chi connectivity index (χ0n) is 11.0. The number of benzene rings is 1. The molecule has 1 aliphatic heterocycles. The van der Waals surface area contributed by atoms with E-state index in [1.807, 2.05) is 24.3 Å². The molecule has 0 spiro atoms. The first kappa shape index (κ1) is 14.5. The third-order valence-electron chi connectivity index (χ3n) is 3.40. The molecule has 2 rings (SSSR count). The van der Waals surface area contributed by atoms with Crippen LogP contribution in [0.3, 0.4) is 0 Å². The minimum Gasteiger partial charge on any atom is -0.396 e. The lowest BCUT2D eigenvalue weighted by molar-refractivity contribution is -0.120. The van der Waals surface area contributed by atoms with E-state index in [9.17, 15) is 4.79 Å². The first-order valence-corrected chi connectivity index (χ1v) is 7.35. The van der Waals surface area contributed by atoms with Crippen LogP contribution in [0, 0.1) is 0 Å². The zero-order valence-corrected chi connectivity index (χ0v) is 12.6. The Kier molecular flexibility index (Phi) is 4.96. The minimum absolute atomic E-state index is 0.0138. The lowest BCUT2D eigenvalue weighted by Gasteiger charge is -2.25. The van der Waals surface area contributed by atoms with Crippen molar-refractivity contribution in [1.82, 2.24) is 5.32 Å². The predicted octanol–water partition coefficient (Wildman–Crippen LogP) is 1.91. The Labute approximate surface area is 121 Å². The van der Waals surface area contributed by atoms with Crippen LogP contribution in [0.25, 0.3) is 0 Å². The van der Waals surface area contributed by atoms with Gasteiger partial charge in [-0.05, 0) is 47.8 Å². The fourth-order valence-corrected chi connectivity index (χ4v) is 2.86. The molecule has 0 saturated carbocycles. The third kappa shape index (κ3) is 3.35. The number of para-hydroxylation sites is 1. The van der Waals surface area contributed by atoms with E-state index in [-0.39, 0.29) is 24.6 Å². The Morgan fingerprint density at radius 2 is 2.21 bits per heavy atom. The van der Waals surface area contributed by atoms with Crippen LogP contribution in [-0.2, 0) is 4.79 Å². The van der Waals surface area contributed by atoms with E-state index < -0.39 is 0 Å². The molecule has 1 aromatic carbocycles. The van der Waals surface area contributed by atoms with E-state index in [1.54, 1.807) is 4.90 Å². The number of carbonyl (C=O) groups excluding carboxylic acids is 1. The number of nitrogens with one attached hydrogen (secondary N) is 1. The molecule has 2 atom stereocenters. The molecule has 4 nitrogen and oxygen atoms in total. The van der Waals surface area contributed by atoms with E-state index in [4.69, 9.17) is 5.11 Å². The van der Waals surface area contributed by atoms with Crippen molar-refractivity contribution in [3.05, 3.63) is 28.7 Å². The molecule has 1 fully saturated rings. The smallest absolute Gasteiger partial charge is 0.244 e. The van der Waals surface area contributed by atoms with Gasteiger partial charge in [0, 0.05) is 23.7 Å². The van der Waals surface area contributed by atoms with Crippen LogP contribution in [-0.4, -0.2) is 36.2 Å². The van der Waals surface area contributed by atoms with E-state index >= 15 is 0 Å². The van der Waals surface area contributed by atoms with Gasteiger partial charge in [-0.25, -0.2) is 0 Å². The maximum atomic E-state index is 12.6. The van der Waals surface area contributed by atoms with E-state index in [2.05, 4.69) is 28.2 Å². The van der Waals surface area contributed by atoms with Crippen LogP contribution in [0.4, 0.5) is 5.69 Å². The summed E-state index contributed by atoms with van der Waals surface area (Å²) in [6.07, 6.45) is 1.35. The van der Waals surface area contributed by atoms with Crippen molar-refractivity contribution in [3.63, 3.8) is 0 Å². The average molecular weight is 327 g/mol. The number of anilines is 1.